The molecule has 5 aromatic rings. The smallest absolute Gasteiger partial charge is 0.346 e. The Balaban J connectivity index is 1.73. The number of pyridine rings is 1. The second-order valence-electron chi connectivity index (χ2n) is 7.26. The lowest BCUT2D eigenvalue weighted by Crippen LogP contribution is -2.34. The summed E-state index contributed by atoms with van der Waals surface area (Å²) in [5.41, 5.74) is -1.21. The van der Waals surface area contributed by atoms with Gasteiger partial charge in [-0.3, -0.25) is 9.78 Å². The van der Waals surface area contributed by atoms with Crippen molar-refractivity contribution in [2.24, 2.45) is 0 Å². The molecule has 5 rings (SSSR count). The van der Waals surface area contributed by atoms with E-state index in [4.69, 9.17) is 4.74 Å². The number of methoxy groups -OCH3 is 1. The van der Waals surface area contributed by atoms with Gasteiger partial charge in [0.25, 0.3) is 5.56 Å². The number of carboxylic acid groups (broad SMARTS) is 1. The molecule has 3 aromatic heterocycles. The fraction of sp³-hybridized carbons (Fsp3) is 0.0435. The number of ether oxygens (including phenoxy) is 1. The van der Waals surface area contributed by atoms with Crippen molar-refractivity contribution < 1.29 is 19.0 Å². The Morgan fingerprint density at radius 1 is 1.24 bits per heavy atom. The number of aromatic amines is 1. The maximum Gasteiger partial charge on any atom is 0.346 e. The second-order valence-corrected chi connectivity index (χ2v) is 8.14. The predicted octanol–water partition coefficient (Wildman–Crippen LogP) is 3.88. The first-order valence-electron chi connectivity index (χ1n) is 9.86. The first-order chi connectivity index (χ1) is 16.4. The number of benzene rings is 2. The van der Waals surface area contributed by atoms with Crippen LogP contribution in [0.1, 0.15) is 9.67 Å². The fourth-order valence-electron chi connectivity index (χ4n) is 3.76. The minimum absolute atomic E-state index is 0.0733. The summed E-state index contributed by atoms with van der Waals surface area (Å²) in [6.45, 7) is 0. The van der Waals surface area contributed by atoms with Crippen LogP contribution in [-0.2, 0) is 0 Å². The standard InChI is InChI=1S/C23H15FN4O5S/c1-33-18-7-13(24)17(8-15(18)26-14-4-2-3-11-5-6-25-9-12(11)14)28-21(29)19-16(27-23(28)32)10-34-20(19)22(30)31/h2-10,26H,1H3,(H,27,32)(H,30,31). The van der Waals surface area contributed by atoms with Crippen LogP contribution in [0.3, 0.4) is 0 Å². The van der Waals surface area contributed by atoms with Crippen LogP contribution < -0.4 is 21.3 Å². The van der Waals surface area contributed by atoms with E-state index in [9.17, 15) is 19.5 Å². The molecule has 170 valence electrons. The van der Waals surface area contributed by atoms with Gasteiger partial charge in [0.2, 0.25) is 0 Å². The van der Waals surface area contributed by atoms with E-state index in [2.05, 4.69) is 15.3 Å². The quantitative estimate of drug-likeness (QED) is 0.350. The lowest BCUT2D eigenvalue weighted by molar-refractivity contribution is 0.0704. The van der Waals surface area contributed by atoms with Crippen molar-refractivity contribution >= 4 is 50.4 Å². The number of aromatic nitrogens is 3. The summed E-state index contributed by atoms with van der Waals surface area (Å²) < 4.78 is 21.0. The first-order valence-corrected chi connectivity index (χ1v) is 10.7. The topological polar surface area (TPSA) is 126 Å². The number of fused-ring (bicyclic) bond motifs is 2. The number of aromatic carboxylic acids is 1. The molecule has 0 aliphatic rings. The van der Waals surface area contributed by atoms with Crippen molar-refractivity contribution in [3.8, 4) is 11.4 Å². The summed E-state index contributed by atoms with van der Waals surface area (Å²) in [5.74, 6) is -2.09. The van der Waals surface area contributed by atoms with Gasteiger partial charge in [-0.1, -0.05) is 12.1 Å². The van der Waals surface area contributed by atoms with Gasteiger partial charge in [-0.15, -0.1) is 11.3 Å². The SMILES string of the molecule is COc1cc(F)c(-n2c(=O)[nH]c3csc(C(=O)O)c3c2=O)cc1Nc1cccc2ccncc12. The molecule has 9 nitrogen and oxygen atoms in total. The van der Waals surface area contributed by atoms with E-state index in [1.165, 1.54) is 18.6 Å². The zero-order valence-electron chi connectivity index (χ0n) is 17.5. The third-order valence-corrected chi connectivity index (χ3v) is 6.28. The molecule has 11 heteroatoms. The Morgan fingerprint density at radius 3 is 2.82 bits per heavy atom. The number of rotatable bonds is 5. The third-order valence-electron chi connectivity index (χ3n) is 5.31. The van der Waals surface area contributed by atoms with Gasteiger partial charge in [-0.05, 0) is 23.6 Å². The molecule has 0 atom stereocenters. The molecule has 0 saturated carbocycles. The third kappa shape index (κ3) is 3.39. The fourth-order valence-corrected chi connectivity index (χ4v) is 4.59. The largest absolute Gasteiger partial charge is 0.494 e. The van der Waals surface area contributed by atoms with E-state index < -0.39 is 23.0 Å². The lowest BCUT2D eigenvalue weighted by Gasteiger charge is -2.16. The number of thiophene rings is 1. The van der Waals surface area contributed by atoms with Gasteiger partial charge in [-0.2, -0.15) is 0 Å². The molecular formula is C23H15FN4O5S. The number of anilines is 2. The predicted molar refractivity (Wildman–Crippen MR) is 127 cm³/mol. The maximum absolute atomic E-state index is 15.1. The van der Waals surface area contributed by atoms with Crippen molar-refractivity contribution in [2.75, 3.05) is 12.4 Å². The average Bonchev–Trinajstić information content (AvgIpc) is 3.25. The molecular weight excluding hydrogens is 463 g/mol. The Kier molecular flexibility index (Phi) is 5.10. The molecule has 3 N–H and O–H groups in total. The van der Waals surface area contributed by atoms with Crippen molar-refractivity contribution in [1.82, 2.24) is 14.5 Å². The summed E-state index contributed by atoms with van der Waals surface area (Å²) in [6, 6.07) is 9.67. The highest BCUT2D eigenvalue weighted by Crippen LogP contribution is 2.34. The summed E-state index contributed by atoms with van der Waals surface area (Å²) in [5, 5.41) is 15.4. The van der Waals surface area contributed by atoms with Crippen LogP contribution in [0.5, 0.6) is 5.75 Å². The molecule has 3 heterocycles. The molecule has 0 saturated heterocycles. The monoisotopic (exact) mass is 478 g/mol. The number of carboxylic acids is 1. The molecule has 0 aliphatic heterocycles. The number of halogens is 1. The van der Waals surface area contributed by atoms with E-state index in [0.29, 0.717) is 10.3 Å². The number of H-pyrrole nitrogens is 1. The summed E-state index contributed by atoms with van der Waals surface area (Å²) in [6.07, 6.45) is 3.33. The molecule has 2 aromatic carbocycles. The first kappa shape index (κ1) is 21.3. The van der Waals surface area contributed by atoms with E-state index in [1.54, 1.807) is 18.5 Å². The average molecular weight is 478 g/mol. The highest BCUT2D eigenvalue weighted by atomic mass is 32.1. The number of carbonyl (C=O) groups is 1. The van der Waals surface area contributed by atoms with Gasteiger partial charge in [0.05, 0.1) is 29.4 Å². The van der Waals surface area contributed by atoms with Gasteiger partial charge < -0.3 is 20.1 Å². The normalized spacial score (nSPS) is 11.1. The van der Waals surface area contributed by atoms with Crippen molar-refractivity contribution in [2.45, 2.75) is 0 Å². The van der Waals surface area contributed by atoms with E-state index in [1.807, 2.05) is 18.2 Å². The van der Waals surface area contributed by atoms with Crippen LogP contribution in [0.25, 0.3) is 27.4 Å². The van der Waals surface area contributed by atoms with Crippen LogP contribution >= 0.6 is 11.3 Å². The minimum atomic E-state index is -1.32. The van der Waals surface area contributed by atoms with Crippen LogP contribution in [0.4, 0.5) is 15.8 Å². The van der Waals surface area contributed by atoms with Crippen LogP contribution in [0, 0.1) is 5.82 Å². The summed E-state index contributed by atoms with van der Waals surface area (Å²) in [7, 11) is 1.36. The molecule has 0 bridgehead atoms. The van der Waals surface area contributed by atoms with E-state index >= 15 is 4.39 Å². The van der Waals surface area contributed by atoms with Crippen molar-refractivity contribution in [3.63, 3.8) is 0 Å². The zero-order chi connectivity index (χ0) is 24.0. The molecule has 0 unspecified atom stereocenters. The summed E-state index contributed by atoms with van der Waals surface area (Å²) in [4.78, 5) is 43.7. The highest BCUT2D eigenvalue weighted by Gasteiger charge is 2.22. The van der Waals surface area contributed by atoms with Gasteiger partial charge in [-0.25, -0.2) is 18.5 Å². The van der Waals surface area contributed by atoms with Gasteiger partial charge in [0.15, 0.2) is 5.82 Å². The Labute approximate surface area is 193 Å². The van der Waals surface area contributed by atoms with Crippen molar-refractivity contribution in [1.29, 1.82) is 0 Å². The second kappa shape index (κ2) is 8.12. The molecule has 0 aliphatic carbocycles. The molecule has 34 heavy (non-hydrogen) atoms. The number of hydrogen-bond acceptors (Lipinski definition) is 7. The zero-order valence-corrected chi connectivity index (χ0v) is 18.3. The number of nitrogens with zero attached hydrogens (tertiary/aromatic N) is 2. The van der Waals surface area contributed by atoms with Crippen LogP contribution in [0.15, 0.2) is 63.8 Å². The Hall–Kier alpha value is -4.51. The Bertz CT molecular complexity index is 1720. The maximum atomic E-state index is 15.1. The Morgan fingerprint density at radius 2 is 2.06 bits per heavy atom. The van der Waals surface area contributed by atoms with Gasteiger partial charge >= 0.3 is 11.7 Å². The molecule has 0 spiro atoms. The molecule has 0 amide bonds. The molecule has 0 radical (unpaired) electrons. The lowest BCUT2D eigenvalue weighted by atomic mass is 10.1. The van der Waals surface area contributed by atoms with Crippen LogP contribution in [0.2, 0.25) is 0 Å². The van der Waals surface area contributed by atoms with Gasteiger partial charge in [0, 0.05) is 34.9 Å². The molecule has 0 fully saturated rings. The van der Waals surface area contributed by atoms with Crippen molar-refractivity contribution in [3.05, 3.63) is 85.7 Å². The van der Waals surface area contributed by atoms with Gasteiger partial charge in [0.1, 0.15) is 10.6 Å². The number of nitrogens with one attached hydrogen (secondary N) is 2. The van der Waals surface area contributed by atoms with Crippen LogP contribution in [-0.4, -0.2) is 32.7 Å². The highest BCUT2D eigenvalue weighted by molar-refractivity contribution is 7.13. The minimum Gasteiger partial charge on any atom is -0.494 e. The van der Waals surface area contributed by atoms with E-state index in [0.717, 1.165) is 28.2 Å². The number of hydrogen-bond donors (Lipinski definition) is 3. The summed E-state index contributed by atoms with van der Waals surface area (Å²) >= 11 is 0.799. The van der Waals surface area contributed by atoms with E-state index in [-0.39, 0.29) is 32.9 Å².